The van der Waals surface area contributed by atoms with Gasteiger partial charge in [-0.15, -0.1) is 0 Å². The predicted molar refractivity (Wildman–Crippen MR) is 123 cm³/mol. The summed E-state index contributed by atoms with van der Waals surface area (Å²) < 4.78 is 0. The van der Waals surface area contributed by atoms with Gasteiger partial charge in [0.1, 0.15) is 11.7 Å². The van der Waals surface area contributed by atoms with Crippen molar-refractivity contribution in [1.82, 2.24) is 20.2 Å². The van der Waals surface area contributed by atoms with Crippen LogP contribution >= 0.6 is 0 Å². The number of amides is 3. The Hall–Kier alpha value is -4.33. The Labute approximate surface area is 190 Å². The first-order valence-corrected chi connectivity index (χ1v) is 10.7. The normalized spacial score (nSPS) is 19.6. The van der Waals surface area contributed by atoms with Crippen molar-refractivity contribution in [3.8, 4) is 0 Å². The van der Waals surface area contributed by atoms with Crippen molar-refractivity contribution in [3.05, 3.63) is 89.5 Å². The second kappa shape index (κ2) is 8.66. The van der Waals surface area contributed by atoms with Gasteiger partial charge in [-0.25, -0.2) is 4.98 Å². The fourth-order valence-corrected chi connectivity index (χ4v) is 4.22. The third kappa shape index (κ3) is 4.10. The Morgan fingerprint density at radius 1 is 1.06 bits per heavy atom. The van der Waals surface area contributed by atoms with Crippen LogP contribution in [0.3, 0.4) is 0 Å². The van der Waals surface area contributed by atoms with E-state index in [9.17, 15) is 14.4 Å². The van der Waals surface area contributed by atoms with E-state index in [4.69, 9.17) is 0 Å². The molecule has 2 aromatic carbocycles. The van der Waals surface area contributed by atoms with Gasteiger partial charge in [0, 0.05) is 18.9 Å². The number of anilines is 1. The first-order valence-electron chi connectivity index (χ1n) is 10.7. The lowest BCUT2D eigenvalue weighted by Crippen LogP contribution is -2.51. The molecule has 1 aromatic heterocycles. The number of rotatable bonds is 4. The zero-order valence-electron chi connectivity index (χ0n) is 17.6. The lowest BCUT2D eigenvalue weighted by molar-refractivity contribution is -0.120. The van der Waals surface area contributed by atoms with Crippen LogP contribution in [0.25, 0.3) is 12.2 Å². The molecule has 2 N–H and O–H groups in total. The minimum Gasteiger partial charge on any atom is -0.345 e. The van der Waals surface area contributed by atoms with Gasteiger partial charge in [-0.2, -0.15) is 0 Å². The summed E-state index contributed by atoms with van der Waals surface area (Å²) in [7, 11) is 0. The van der Waals surface area contributed by atoms with Crippen LogP contribution in [0.4, 0.5) is 5.69 Å². The zero-order valence-corrected chi connectivity index (χ0v) is 17.6. The van der Waals surface area contributed by atoms with Crippen LogP contribution in [-0.2, 0) is 4.79 Å². The summed E-state index contributed by atoms with van der Waals surface area (Å²) in [5.74, 6) is -0.985. The maximum Gasteiger partial charge on any atom is 0.271 e. The van der Waals surface area contributed by atoms with E-state index < -0.39 is 18.0 Å². The number of fused-ring (bicyclic) bond motifs is 2. The minimum absolute atomic E-state index is 0.162. The summed E-state index contributed by atoms with van der Waals surface area (Å²) in [4.78, 5) is 48.4. The molecular weight excluding hydrogens is 418 g/mol. The molecule has 2 aliphatic heterocycles. The predicted octanol–water partition coefficient (Wildman–Crippen LogP) is 2.61. The maximum atomic E-state index is 13.4. The van der Waals surface area contributed by atoms with E-state index in [-0.39, 0.29) is 17.5 Å². The standard InChI is InChI=1S/C25H21N5O3/c31-23(21-15-26-11-12-27-21)29-20-10-13-30-22(20)24(32)28-19-9-8-17(14-18(19)25(30)33)7-6-16-4-2-1-3-5-16/h1-9,11-12,14-15,20,22H,10,13H2,(H,28,32)(H,29,31)/t20-,22-/m0/s1. The van der Waals surface area contributed by atoms with E-state index in [0.29, 0.717) is 24.2 Å². The smallest absolute Gasteiger partial charge is 0.271 e. The minimum atomic E-state index is -0.797. The number of nitrogens with zero attached hydrogens (tertiary/aromatic N) is 3. The number of hydrogen-bond acceptors (Lipinski definition) is 5. The molecule has 0 spiro atoms. The van der Waals surface area contributed by atoms with E-state index in [1.165, 1.54) is 23.5 Å². The van der Waals surface area contributed by atoms with Crippen LogP contribution in [0.5, 0.6) is 0 Å². The number of aromatic nitrogens is 2. The van der Waals surface area contributed by atoms with E-state index in [1.807, 2.05) is 48.6 Å². The Morgan fingerprint density at radius 3 is 2.67 bits per heavy atom. The van der Waals surface area contributed by atoms with Crippen LogP contribution in [-0.4, -0.2) is 51.2 Å². The molecule has 2 aliphatic rings. The van der Waals surface area contributed by atoms with Crippen molar-refractivity contribution in [2.45, 2.75) is 18.5 Å². The number of carbonyl (C=O) groups excluding carboxylic acids is 3. The number of carbonyl (C=O) groups is 3. The van der Waals surface area contributed by atoms with Gasteiger partial charge in [0.2, 0.25) is 5.91 Å². The fourth-order valence-electron chi connectivity index (χ4n) is 4.22. The Balaban J connectivity index is 1.38. The third-order valence-electron chi connectivity index (χ3n) is 5.84. The number of nitrogens with one attached hydrogen (secondary N) is 2. The Bertz CT molecular complexity index is 1240. The average molecular weight is 439 g/mol. The van der Waals surface area contributed by atoms with E-state index in [2.05, 4.69) is 20.6 Å². The monoisotopic (exact) mass is 439 g/mol. The highest BCUT2D eigenvalue weighted by atomic mass is 16.2. The highest BCUT2D eigenvalue weighted by Crippen LogP contribution is 2.30. The topological polar surface area (TPSA) is 104 Å². The van der Waals surface area contributed by atoms with Crippen LogP contribution < -0.4 is 10.6 Å². The summed E-state index contributed by atoms with van der Waals surface area (Å²) in [6.07, 6.45) is 8.64. The fraction of sp³-hybridized carbons (Fsp3) is 0.160. The molecule has 0 unspecified atom stereocenters. The molecule has 33 heavy (non-hydrogen) atoms. The molecule has 0 saturated carbocycles. The summed E-state index contributed by atoms with van der Waals surface area (Å²) in [6, 6.07) is 13.9. The molecule has 1 saturated heterocycles. The van der Waals surface area contributed by atoms with Crippen molar-refractivity contribution in [2.24, 2.45) is 0 Å². The van der Waals surface area contributed by atoms with Gasteiger partial charge in [-0.1, -0.05) is 48.6 Å². The quantitative estimate of drug-likeness (QED) is 0.608. The summed E-state index contributed by atoms with van der Waals surface area (Å²) in [6.45, 7) is 0.367. The second-order valence-electron chi connectivity index (χ2n) is 7.94. The van der Waals surface area contributed by atoms with Gasteiger partial charge in [0.25, 0.3) is 11.8 Å². The Morgan fingerprint density at radius 2 is 1.88 bits per heavy atom. The van der Waals surface area contributed by atoms with Gasteiger partial charge in [-0.05, 0) is 29.7 Å². The average Bonchev–Trinajstić information content (AvgIpc) is 3.23. The third-order valence-corrected chi connectivity index (χ3v) is 5.84. The molecule has 5 rings (SSSR count). The molecule has 3 aromatic rings. The van der Waals surface area contributed by atoms with Crippen molar-refractivity contribution >= 4 is 35.6 Å². The lowest BCUT2D eigenvalue weighted by Gasteiger charge is -2.24. The molecule has 3 amide bonds. The van der Waals surface area contributed by atoms with Gasteiger partial charge >= 0.3 is 0 Å². The van der Waals surface area contributed by atoms with Crippen LogP contribution in [0.2, 0.25) is 0 Å². The van der Waals surface area contributed by atoms with Crippen LogP contribution in [0.1, 0.15) is 38.4 Å². The van der Waals surface area contributed by atoms with E-state index >= 15 is 0 Å². The molecule has 2 atom stereocenters. The highest BCUT2D eigenvalue weighted by molar-refractivity contribution is 6.11. The summed E-state index contributed by atoms with van der Waals surface area (Å²) in [5.41, 5.74) is 2.96. The zero-order chi connectivity index (χ0) is 22.8. The van der Waals surface area contributed by atoms with Gasteiger partial charge < -0.3 is 15.5 Å². The van der Waals surface area contributed by atoms with E-state index in [0.717, 1.165) is 11.1 Å². The first-order chi connectivity index (χ1) is 16.1. The lowest BCUT2D eigenvalue weighted by atomic mass is 10.1. The Kier molecular flexibility index (Phi) is 5.40. The highest BCUT2D eigenvalue weighted by Gasteiger charge is 2.45. The molecule has 0 aliphatic carbocycles. The molecule has 1 fully saturated rings. The largest absolute Gasteiger partial charge is 0.345 e. The van der Waals surface area contributed by atoms with E-state index in [1.54, 1.807) is 12.1 Å². The maximum absolute atomic E-state index is 13.4. The molecule has 0 bridgehead atoms. The molecule has 8 nitrogen and oxygen atoms in total. The molecule has 164 valence electrons. The van der Waals surface area contributed by atoms with Crippen molar-refractivity contribution in [1.29, 1.82) is 0 Å². The molecule has 0 radical (unpaired) electrons. The molecular formula is C25H21N5O3. The summed E-state index contributed by atoms with van der Waals surface area (Å²) >= 11 is 0. The number of benzene rings is 2. The van der Waals surface area contributed by atoms with Crippen LogP contribution in [0.15, 0.2) is 67.1 Å². The number of hydrogen-bond donors (Lipinski definition) is 2. The van der Waals surface area contributed by atoms with Crippen molar-refractivity contribution in [3.63, 3.8) is 0 Å². The molecule has 3 heterocycles. The van der Waals surface area contributed by atoms with Crippen molar-refractivity contribution in [2.75, 3.05) is 11.9 Å². The van der Waals surface area contributed by atoms with Gasteiger partial charge in [0.15, 0.2) is 0 Å². The first kappa shape index (κ1) is 20.6. The SMILES string of the molecule is O=C(N[C@H]1CCN2C(=O)c3cc(C=Cc4ccccc4)ccc3NC(=O)[C@H]12)c1cnccn1. The second-order valence-corrected chi connectivity index (χ2v) is 7.94. The van der Waals surface area contributed by atoms with Crippen molar-refractivity contribution < 1.29 is 14.4 Å². The molecule has 8 heteroatoms. The van der Waals surface area contributed by atoms with Crippen LogP contribution in [0, 0.1) is 0 Å². The van der Waals surface area contributed by atoms with Gasteiger partial charge in [0.05, 0.1) is 23.5 Å². The van der Waals surface area contributed by atoms with Gasteiger partial charge in [-0.3, -0.25) is 19.4 Å². The summed E-state index contributed by atoms with van der Waals surface area (Å²) in [5, 5.41) is 5.71.